The van der Waals surface area contributed by atoms with Gasteiger partial charge in [0.25, 0.3) is 5.91 Å². The van der Waals surface area contributed by atoms with Gasteiger partial charge in [-0.15, -0.1) is 0 Å². The Morgan fingerprint density at radius 2 is 1.96 bits per heavy atom. The Kier molecular flexibility index (Phi) is 5.76. The monoisotopic (exact) mass is 353 g/mol. The Hall–Kier alpha value is -2.56. The third kappa shape index (κ3) is 4.54. The van der Waals surface area contributed by atoms with Crippen molar-refractivity contribution in [2.45, 2.75) is 39.7 Å². The SMILES string of the molecule is CC1CCN(C(=O)c2ccnc(Nc3ccccc3OC(C)C)c2)CC1. The van der Waals surface area contributed by atoms with Crippen LogP contribution in [-0.4, -0.2) is 35.0 Å². The van der Waals surface area contributed by atoms with Gasteiger partial charge in [0.05, 0.1) is 11.8 Å². The van der Waals surface area contributed by atoms with Gasteiger partial charge in [-0.05, 0) is 56.9 Å². The van der Waals surface area contributed by atoms with E-state index >= 15 is 0 Å². The molecule has 1 N–H and O–H groups in total. The van der Waals surface area contributed by atoms with Crippen molar-refractivity contribution < 1.29 is 9.53 Å². The molecule has 0 radical (unpaired) electrons. The molecule has 1 aliphatic rings. The van der Waals surface area contributed by atoms with Crippen LogP contribution in [0.4, 0.5) is 11.5 Å². The number of pyridine rings is 1. The van der Waals surface area contributed by atoms with Gasteiger partial charge in [0.2, 0.25) is 0 Å². The van der Waals surface area contributed by atoms with Crippen LogP contribution in [-0.2, 0) is 0 Å². The summed E-state index contributed by atoms with van der Waals surface area (Å²) in [6, 6.07) is 11.3. The summed E-state index contributed by atoms with van der Waals surface area (Å²) in [5, 5.41) is 3.28. The molecule has 0 atom stereocenters. The number of nitrogens with zero attached hydrogens (tertiary/aromatic N) is 2. The van der Waals surface area contributed by atoms with E-state index in [9.17, 15) is 4.79 Å². The number of anilines is 2. The number of carbonyl (C=O) groups is 1. The van der Waals surface area contributed by atoms with Crippen molar-refractivity contribution in [2.24, 2.45) is 5.92 Å². The number of amides is 1. The standard InChI is InChI=1S/C21H27N3O2/c1-15(2)26-19-7-5-4-6-18(19)23-20-14-17(8-11-22-20)21(25)24-12-9-16(3)10-13-24/h4-8,11,14-16H,9-10,12-13H2,1-3H3,(H,22,23). The molecule has 0 spiro atoms. The highest BCUT2D eigenvalue weighted by atomic mass is 16.5. The maximum atomic E-state index is 12.8. The molecule has 0 saturated carbocycles. The number of piperidine rings is 1. The molecule has 1 aliphatic heterocycles. The maximum absolute atomic E-state index is 12.8. The summed E-state index contributed by atoms with van der Waals surface area (Å²) in [4.78, 5) is 19.1. The fraction of sp³-hybridized carbons (Fsp3) is 0.429. The number of rotatable bonds is 5. The number of hydrogen-bond acceptors (Lipinski definition) is 4. The van der Waals surface area contributed by atoms with Crippen LogP contribution in [0.2, 0.25) is 0 Å². The van der Waals surface area contributed by atoms with Crippen molar-refractivity contribution in [1.29, 1.82) is 0 Å². The lowest BCUT2D eigenvalue weighted by molar-refractivity contribution is 0.0697. The molecule has 3 rings (SSSR count). The minimum Gasteiger partial charge on any atom is -0.489 e. The van der Waals surface area contributed by atoms with Gasteiger partial charge in [0.15, 0.2) is 0 Å². The fourth-order valence-electron chi connectivity index (χ4n) is 3.09. The first-order chi connectivity index (χ1) is 12.5. The highest BCUT2D eigenvalue weighted by Crippen LogP contribution is 2.28. The summed E-state index contributed by atoms with van der Waals surface area (Å²) in [6.45, 7) is 7.89. The average molecular weight is 353 g/mol. The Bertz CT molecular complexity index is 752. The first-order valence-corrected chi connectivity index (χ1v) is 9.31. The normalized spacial score (nSPS) is 15.2. The van der Waals surface area contributed by atoms with Crippen LogP contribution < -0.4 is 10.1 Å². The number of nitrogens with one attached hydrogen (secondary N) is 1. The number of para-hydroxylation sites is 2. The molecule has 5 nitrogen and oxygen atoms in total. The lowest BCUT2D eigenvalue weighted by Gasteiger charge is -2.30. The number of aromatic nitrogens is 1. The molecule has 0 aliphatic carbocycles. The van der Waals surface area contributed by atoms with Gasteiger partial charge in [0, 0.05) is 24.8 Å². The lowest BCUT2D eigenvalue weighted by atomic mass is 9.99. The molecule has 138 valence electrons. The second kappa shape index (κ2) is 8.21. The molecular weight excluding hydrogens is 326 g/mol. The highest BCUT2D eigenvalue weighted by Gasteiger charge is 2.21. The molecule has 26 heavy (non-hydrogen) atoms. The summed E-state index contributed by atoms with van der Waals surface area (Å²) in [5.41, 5.74) is 1.50. The van der Waals surface area contributed by atoms with Crippen LogP contribution in [0.3, 0.4) is 0 Å². The minimum absolute atomic E-state index is 0.0778. The smallest absolute Gasteiger partial charge is 0.254 e. The van der Waals surface area contributed by atoms with E-state index in [4.69, 9.17) is 4.74 Å². The van der Waals surface area contributed by atoms with E-state index in [1.54, 1.807) is 12.3 Å². The largest absolute Gasteiger partial charge is 0.489 e. The van der Waals surface area contributed by atoms with E-state index in [1.807, 2.05) is 49.1 Å². The van der Waals surface area contributed by atoms with E-state index in [0.29, 0.717) is 17.3 Å². The Morgan fingerprint density at radius 1 is 1.23 bits per heavy atom. The number of hydrogen-bond donors (Lipinski definition) is 1. The topological polar surface area (TPSA) is 54.5 Å². The average Bonchev–Trinajstić information content (AvgIpc) is 2.63. The molecule has 5 heteroatoms. The molecule has 2 heterocycles. The number of likely N-dealkylation sites (tertiary alicyclic amines) is 1. The summed E-state index contributed by atoms with van der Waals surface area (Å²) in [6.07, 6.45) is 3.90. The number of benzene rings is 1. The first-order valence-electron chi connectivity index (χ1n) is 9.31. The molecule has 0 bridgehead atoms. The van der Waals surface area contributed by atoms with Crippen molar-refractivity contribution in [1.82, 2.24) is 9.88 Å². The van der Waals surface area contributed by atoms with Crippen molar-refractivity contribution in [3.05, 3.63) is 48.2 Å². The summed E-state index contributed by atoms with van der Waals surface area (Å²) in [7, 11) is 0. The Balaban J connectivity index is 1.75. The molecule has 1 aromatic heterocycles. The zero-order valence-electron chi connectivity index (χ0n) is 15.7. The molecule has 1 aromatic carbocycles. The van der Waals surface area contributed by atoms with Crippen LogP contribution in [0.15, 0.2) is 42.6 Å². The first kappa shape index (κ1) is 18.2. The van der Waals surface area contributed by atoms with Gasteiger partial charge in [0.1, 0.15) is 11.6 Å². The van der Waals surface area contributed by atoms with Crippen molar-refractivity contribution in [3.8, 4) is 5.75 Å². The van der Waals surface area contributed by atoms with Gasteiger partial charge >= 0.3 is 0 Å². The minimum atomic E-state index is 0.0778. The number of carbonyl (C=O) groups excluding carboxylic acids is 1. The van der Waals surface area contributed by atoms with Gasteiger partial charge in [-0.1, -0.05) is 19.1 Å². The van der Waals surface area contributed by atoms with Crippen molar-refractivity contribution in [3.63, 3.8) is 0 Å². The third-order valence-corrected chi connectivity index (χ3v) is 4.59. The molecular formula is C21H27N3O2. The maximum Gasteiger partial charge on any atom is 0.254 e. The van der Waals surface area contributed by atoms with Crippen molar-refractivity contribution in [2.75, 3.05) is 18.4 Å². The quantitative estimate of drug-likeness (QED) is 0.861. The zero-order chi connectivity index (χ0) is 18.5. The molecule has 0 unspecified atom stereocenters. The van der Waals surface area contributed by atoms with Gasteiger partial charge in [-0.2, -0.15) is 0 Å². The second-order valence-electron chi connectivity index (χ2n) is 7.19. The molecule has 2 aromatic rings. The van der Waals surface area contributed by atoms with E-state index in [0.717, 1.165) is 37.4 Å². The Morgan fingerprint density at radius 3 is 2.69 bits per heavy atom. The van der Waals surface area contributed by atoms with Gasteiger partial charge in [-0.3, -0.25) is 4.79 Å². The van der Waals surface area contributed by atoms with Gasteiger partial charge < -0.3 is 15.0 Å². The Labute approximate surface area is 155 Å². The van der Waals surface area contributed by atoms with E-state index in [2.05, 4.69) is 17.2 Å². The fourth-order valence-corrected chi connectivity index (χ4v) is 3.09. The van der Waals surface area contributed by atoms with Gasteiger partial charge in [-0.25, -0.2) is 4.98 Å². The van der Waals surface area contributed by atoms with E-state index in [1.165, 1.54) is 0 Å². The van der Waals surface area contributed by atoms with Crippen LogP contribution in [0.5, 0.6) is 5.75 Å². The summed E-state index contributed by atoms with van der Waals surface area (Å²) >= 11 is 0. The van der Waals surface area contributed by atoms with E-state index < -0.39 is 0 Å². The van der Waals surface area contributed by atoms with Crippen molar-refractivity contribution >= 4 is 17.4 Å². The number of ether oxygens (including phenoxy) is 1. The van der Waals surface area contributed by atoms with Crippen LogP contribution >= 0.6 is 0 Å². The molecule has 1 amide bonds. The van der Waals surface area contributed by atoms with Crippen LogP contribution in [0, 0.1) is 5.92 Å². The highest BCUT2D eigenvalue weighted by molar-refractivity contribution is 5.95. The van der Waals surface area contributed by atoms with Crippen LogP contribution in [0.1, 0.15) is 44.0 Å². The summed E-state index contributed by atoms with van der Waals surface area (Å²) < 4.78 is 5.83. The predicted octanol–water partition coefficient (Wildman–Crippen LogP) is 4.48. The third-order valence-electron chi connectivity index (χ3n) is 4.59. The van der Waals surface area contributed by atoms with E-state index in [-0.39, 0.29) is 12.0 Å². The lowest BCUT2D eigenvalue weighted by Crippen LogP contribution is -2.37. The molecule has 1 saturated heterocycles. The second-order valence-corrected chi connectivity index (χ2v) is 7.19. The zero-order valence-corrected chi connectivity index (χ0v) is 15.7. The molecule has 1 fully saturated rings. The summed E-state index contributed by atoms with van der Waals surface area (Å²) in [5.74, 6) is 2.19. The van der Waals surface area contributed by atoms with Crippen LogP contribution in [0.25, 0.3) is 0 Å². The predicted molar refractivity (Wildman–Crippen MR) is 104 cm³/mol.